The van der Waals surface area contributed by atoms with E-state index in [1.165, 1.54) is 7.11 Å². The Hall–Kier alpha value is -1.39. The van der Waals surface area contributed by atoms with Crippen molar-refractivity contribution in [1.82, 2.24) is 5.32 Å². The van der Waals surface area contributed by atoms with Crippen LogP contribution < -0.4 is 5.32 Å². The van der Waals surface area contributed by atoms with Gasteiger partial charge < -0.3 is 9.84 Å². The van der Waals surface area contributed by atoms with Gasteiger partial charge in [-0.2, -0.15) is 0 Å². The minimum atomic E-state index is -0.350. The van der Waals surface area contributed by atoms with E-state index in [0.29, 0.717) is 0 Å². The molecule has 0 unspecified atom stereocenters. The lowest BCUT2D eigenvalue weighted by Gasteiger charge is -2.19. The Kier molecular flexibility index (Phi) is 3.99. The molecule has 4 heteroatoms. The number of aliphatic hydroxyl groups is 1. The molecule has 1 fully saturated rings. The van der Waals surface area contributed by atoms with Gasteiger partial charge in [-0.05, 0) is 11.5 Å². The van der Waals surface area contributed by atoms with E-state index in [9.17, 15) is 9.90 Å². The number of hydrogen-bond donors (Lipinski definition) is 2. The van der Waals surface area contributed by atoms with Gasteiger partial charge in [0.05, 0.1) is 7.11 Å². The molecule has 1 heterocycles. The van der Waals surface area contributed by atoms with Crippen molar-refractivity contribution in [1.29, 1.82) is 0 Å². The molecule has 1 saturated heterocycles. The number of rotatable bonds is 3. The van der Waals surface area contributed by atoms with Crippen LogP contribution in [0.1, 0.15) is 18.5 Å². The molecule has 18 heavy (non-hydrogen) atoms. The van der Waals surface area contributed by atoms with Crippen molar-refractivity contribution < 1.29 is 14.6 Å². The van der Waals surface area contributed by atoms with Crippen molar-refractivity contribution >= 4 is 5.97 Å². The van der Waals surface area contributed by atoms with Crippen molar-refractivity contribution in [3.05, 3.63) is 35.9 Å². The highest BCUT2D eigenvalue weighted by Crippen LogP contribution is 2.37. The van der Waals surface area contributed by atoms with Crippen LogP contribution in [0.2, 0.25) is 0 Å². The molecule has 1 aliphatic rings. The fourth-order valence-electron chi connectivity index (χ4n) is 2.70. The van der Waals surface area contributed by atoms with Gasteiger partial charge >= 0.3 is 5.97 Å². The molecule has 0 aliphatic carbocycles. The molecule has 0 bridgehead atoms. The zero-order valence-corrected chi connectivity index (χ0v) is 10.7. The van der Waals surface area contributed by atoms with Gasteiger partial charge in [-0.1, -0.05) is 37.3 Å². The number of methoxy groups -OCH3 is 1. The summed E-state index contributed by atoms with van der Waals surface area (Å²) in [6.07, 6.45) is 0. The van der Waals surface area contributed by atoms with Crippen molar-refractivity contribution in [2.24, 2.45) is 11.8 Å². The van der Waals surface area contributed by atoms with Crippen molar-refractivity contribution in [3.8, 4) is 0 Å². The van der Waals surface area contributed by atoms with Gasteiger partial charge in [0.25, 0.3) is 0 Å². The zero-order chi connectivity index (χ0) is 13.1. The number of benzene rings is 1. The molecule has 0 amide bonds. The van der Waals surface area contributed by atoms with Crippen LogP contribution in [0.3, 0.4) is 0 Å². The minimum Gasteiger partial charge on any atom is -0.468 e. The zero-order valence-electron chi connectivity index (χ0n) is 10.7. The van der Waals surface area contributed by atoms with Crippen LogP contribution in [-0.4, -0.2) is 30.8 Å². The monoisotopic (exact) mass is 249 g/mol. The quantitative estimate of drug-likeness (QED) is 0.788. The third-order valence-electron chi connectivity index (χ3n) is 3.81. The maximum absolute atomic E-state index is 11.7. The fourth-order valence-corrected chi connectivity index (χ4v) is 2.70. The molecule has 0 aromatic heterocycles. The Labute approximate surface area is 107 Å². The molecule has 2 rings (SSSR count). The summed E-state index contributed by atoms with van der Waals surface area (Å²) in [5.41, 5.74) is 1.09. The molecule has 2 N–H and O–H groups in total. The largest absolute Gasteiger partial charge is 0.468 e. The summed E-state index contributed by atoms with van der Waals surface area (Å²) in [5.74, 6) is -0.191. The van der Waals surface area contributed by atoms with Gasteiger partial charge in [0.2, 0.25) is 0 Å². The van der Waals surface area contributed by atoms with Gasteiger partial charge in [-0.25, -0.2) is 0 Å². The Morgan fingerprint density at radius 3 is 2.61 bits per heavy atom. The van der Waals surface area contributed by atoms with Crippen LogP contribution in [-0.2, 0) is 9.53 Å². The van der Waals surface area contributed by atoms with Crippen LogP contribution in [0, 0.1) is 11.8 Å². The highest BCUT2D eigenvalue weighted by molar-refractivity contribution is 5.76. The van der Waals surface area contributed by atoms with E-state index >= 15 is 0 Å². The molecule has 1 aliphatic heterocycles. The summed E-state index contributed by atoms with van der Waals surface area (Å²) in [7, 11) is 1.39. The van der Waals surface area contributed by atoms with Gasteiger partial charge in [0.15, 0.2) is 0 Å². The lowest BCUT2D eigenvalue weighted by Crippen LogP contribution is -2.36. The standard InChI is InChI=1S/C14H19NO3/c1-9-11(8-16)13(10-6-4-3-5-7-10)15-12(9)14(17)18-2/h3-7,9,11-13,15-16H,8H2,1-2H3/t9-,11-,12-,13-/m1/s1. The Morgan fingerprint density at radius 2 is 2.06 bits per heavy atom. The number of carbonyl (C=O) groups excluding carboxylic acids is 1. The number of nitrogens with one attached hydrogen (secondary N) is 1. The smallest absolute Gasteiger partial charge is 0.323 e. The number of carbonyl (C=O) groups is 1. The molecular weight excluding hydrogens is 230 g/mol. The first-order valence-corrected chi connectivity index (χ1v) is 6.18. The van der Waals surface area contributed by atoms with Crippen LogP contribution in [0.5, 0.6) is 0 Å². The van der Waals surface area contributed by atoms with E-state index in [1.54, 1.807) is 0 Å². The van der Waals surface area contributed by atoms with Gasteiger partial charge in [-0.3, -0.25) is 10.1 Å². The minimum absolute atomic E-state index is 0.00435. The Morgan fingerprint density at radius 1 is 1.39 bits per heavy atom. The Bertz CT molecular complexity index is 407. The molecular formula is C14H19NO3. The van der Waals surface area contributed by atoms with Crippen molar-refractivity contribution in [2.45, 2.75) is 19.0 Å². The number of ether oxygens (including phenoxy) is 1. The van der Waals surface area contributed by atoms with Gasteiger partial charge in [0, 0.05) is 18.6 Å². The van der Waals surface area contributed by atoms with Gasteiger partial charge in [0.1, 0.15) is 6.04 Å². The highest BCUT2D eigenvalue weighted by atomic mass is 16.5. The molecule has 4 nitrogen and oxygen atoms in total. The first-order chi connectivity index (χ1) is 8.69. The molecule has 1 aromatic rings. The van der Waals surface area contributed by atoms with Crippen molar-refractivity contribution in [2.75, 3.05) is 13.7 Å². The van der Waals surface area contributed by atoms with Crippen LogP contribution in [0.25, 0.3) is 0 Å². The normalized spacial score (nSPS) is 31.3. The maximum Gasteiger partial charge on any atom is 0.323 e. The predicted octanol–water partition coefficient (Wildman–Crippen LogP) is 1.12. The topological polar surface area (TPSA) is 58.6 Å². The molecule has 1 aromatic carbocycles. The van der Waals surface area contributed by atoms with E-state index < -0.39 is 0 Å². The second-order valence-corrected chi connectivity index (χ2v) is 4.76. The SMILES string of the molecule is COC(=O)[C@@H]1N[C@H](c2ccccc2)[C@H](CO)[C@H]1C. The first kappa shape index (κ1) is 13.1. The molecule has 0 saturated carbocycles. The summed E-state index contributed by atoms with van der Waals surface area (Å²) in [5, 5.41) is 12.8. The average molecular weight is 249 g/mol. The van der Waals surface area contributed by atoms with E-state index in [-0.39, 0.29) is 36.5 Å². The van der Waals surface area contributed by atoms with Gasteiger partial charge in [-0.15, -0.1) is 0 Å². The average Bonchev–Trinajstić information content (AvgIpc) is 2.76. The van der Waals surface area contributed by atoms with E-state index in [4.69, 9.17) is 4.74 Å². The van der Waals surface area contributed by atoms with E-state index in [2.05, 4.69) is 5.32 Å². The maximum atomic E-state index is 11.7. The second-order valence-electron chi connectivity index (χ2n) is 4.76. The highest BCUT2D eigenvalue weighted by Gasteiger charge is 2.44. The lowest BCUT2D eigenvalue weighted by molar-refractivity contribution is -0.143. The van der Waals surface area contributed by atoms with Crippen LogP contribution >= 0.6 is 0 Å². The number of hydrogen-bond acceptors (Lipinski definition) is 4. The number of aliphatic hydroxyl groups excluding tert-OH is 1. The predicted molar refractivity (Wildman–Crippen MR) is 67.9 cm³/mol. The van der Waals surface area contributed by atoms with Crippen LogP contribution in [0.4, 0.5) is 0 Å². The third kappa shape index (κ3) is 2.26. The molecule has 98 valence electrons. The number of esters is 1. The molecule has 0 radical (unpaired) electrons. The van der Waals surface area contributed by atoms with Crippen molar-refractivity contribution in [3.63, 3.8) is 0 Å². The lowest BCUT2D eigenvalue weighted by atomic mass is 9.86. The summed E-state index contributed by atoms with van der Waals surface area (Å²) in [6, 6.07) is 9.53. The Balaban J connectivity index is 2.24. The fraction of sp³-hybridized carbons (Fsp3) is 0.500. The summed E-state index contributed by atoms with van der Waals surface area (Å²) in [4.78, 5) is 11.7. The molecule has 0 spiro atoms. The van der Waals surface area contributed by atoms with E-state index in [0.717, 1.165) is 5.56 Å². The summed E-state index contributed by atoms with van der Waals surface area (Å²) >= 11 is 0. The molecule has 4 atom stereocenters. The van der Waals surface area contributed by atoms with Crippen LogP contribution in [0.15, 0.2) is 30.3 Å². The third-order valence-corrected chi connectivity index (χ3v) is 3.81. The second kappa shape index (κ2) is 5.50. The first-order valence-electron chi connectivity index (χ1n) is 6.18. The summed E-state index contributed by atoms with van der Waals surface area (Å²) in [6.45, 7) is 2.03. The van der Waals surface area contributed by atoms with E-state index in [1.807, 2.05) is 37.3 Å². The summed E-state index contributed by atoms with van der Waals surface area (Å²) < 4.78 is 4.80.